The van der Waals surface area contributed by atoms with Crippen molar-refractivity contribution in [3.63, 3.8) is 0 Å². The molecule has 2 rings (SSSR count). The number of hydrogen-bond acceptors (Lipinski definition) is 2. The van der Waals surface area contributed by atoms with Crippen molar-refractivity contribution >= 4 is 5.91 Å². The van der Waals surface area contributed by atoms with E-state index in [2.05, 4.69) is 5.32 Å². The number of carbonyl (C=O) groups is 1. The minimum Gasteiger partial charge on any atom is -0.507 e. The lowest BCUT2D eigenvalue weighted by Crippen LogP contribution is -2.40. The first-order valence-electron chi connectivity index (χ1n) is 6.02. The molecule has 2 N–H and O–H groups in total. The molecule has 1 amide bonds. The molecule has 3 nitrogen and oxygen atoms in total. The largest absolute Gasteiger partial charge is 0.507 e. The lowest BCUT2D eigenvalue weighted by molar-refractivity contribution is 0.0917. The maximum atomic E-state index is 12.0. The Morgan fingerprint density at radius 3 is 2.53 bits per heavy atom. The van der Waals surface area contributed by atoms with Crippen LogP contribution >= 0.6 is 0 Å². The molecule has 0 aromatic heterocycles. The van der Waals surface area contributed by atoms with Crippen molar-refractivity contribution in [2.45, 2.75) is 45.1 Å². The second-order valence-corrected chi connectivity index (χ2v) is 5.75. The van der Waals surface area contributed by atoms with Crippen LogP contribution in [0.4, 0.5) is 0 Å². The van der Waals surface area contributed by atoms with Crippen LogP contribution in [-0.4, -0.2) is 16.6 Å². The first-order valence-corrected chi connectivity index (χ1v) is 6.02. The van der Waals surface area contributed by atoms with Crippen LogP contribution in [0.1, 0.15) is 55.5 Å². The maximum absolute atomic E-state index is 12.0. The second-order valence-electron chi connectivity index (χ2n) is 5.75. The van der Waals surface area contributed by atoms with Crippen LogP contribution in [0.2, 0.25) is 0 Å². The van der Waals surface area contributed by atoms with Gasteiger partial charge in [0.25, 0.3) is 5.91 Å². The summed E-state index contributed by atoms with van der Waals surface area (Å²) in [7, 11) is 0. The van der Waals surface area contributed by atoms with Gasteiger partial charge in [0, 0.05) is 5.54 Å². The molecule has 1 saturated carbocycles. The molecule has 0 aliphatic heterocycles. The van der Waals surface area contributed by atoms with Crippen molar-refractivity contribution in [2.24, 2.45) is 0 Å². The van der Waals surface area contributed by atoms with Gasteiger partial charge in [-0.15, -0.1) is 0 Å². The minimum atomic E-state index is -0.293. The smallest absolute Gasteiger partial charge is 0.255 e. The Kier molecular flexibility index (Phi) is 2.86. The van der Waals surface area contributed by atoms with Gasteiger partial charge in [0.05, 0.1) is 5.56 Å². The van der Waals surface area contributed by atoms with E-state index >= 15 is 0 Å². The summed E-state index contributed by atoms with van der Waals surface area (Å²) in [5.74, 6) is 0.422. The van der Waals surface area contributed by atoms with E-state index in [4.69, 9.17) is 0 Å². The first-order chi connectivity index (χ1) is 7.87. The Morgan fingerprint density at radius 2 is 2.00 bits per heavy atom. The molecule has 3 heteroatoms. The molecule has 0 spiro atoms. The highest BCUT2D eigenvalue weighted by Crippen LogP contribution is 2.41. The number of aromatic hydroxyl groups is 1. The molecule has 0 bridgehead atoms. The highest BCUT2D eigenvalue weighted by atomic mass is 16.3. The molecule has 0 heterocycles. The van der Waals surface area contributed by atoms with Crippen molar-refractivity contribution in [1.82, 2.24) is 5.32 Å². The van der Waals surface area contributed by atoms with Gasteiger partial charge in [0.15, 0.2) is 0 Å². The number of phenolic OH excluding ortho intramolecular Hbond substituents is 1. The van der Waals surface area contributed by atoms with Crippen LogP contribution in [0.5, 0.6) is 5.75 Å². The zero-order chi connectivity index (χ0) is 12.6. The summed E-state index contributed by atoms with van der Waals surface area (Å²) in [6.07, 6.45) is 2.37. The number of rotatable bonds is 2. The van der Waals surface area contributed by atoms with Crippen molar-refractivity contribution in [2.75, 3.05) is 0 Å². The fourth-order valence-corrected chi connectivity index (χ4v) is 1.81. The van der Waals surface area contributed by atoms with E-state index in [-0.39, 0.29) is 17.2 Å². The van der Waals surface area contributed by atoms with E-state index in [1.165, 1.54) is 12.8 Å². The number of benzene rings is 1. The van der Waals surface area contributed by atoms with Gasteiger partial charge in [-0.1, -0.05) is 6.07 Å². The molecule has 1 aromatic carbocycles. The van der Waals surface area contributed by atoms with Gasteiger partial charge in [0.1, 0.15) is 5.75 Å². The van der Waals surface area contributed by atoms with E-state index in [0.29, 0.717) is 11.5 Å². The number of amides is 1. The predicted octanol–water partition coefficient (Wildman–Crippen LogP) is 2.80. The van der Waals surface area contributed by atoms with Gasteiger partial charge in [-0.3, -0.25) is 4.79 Å². The maximum Gasteiger partial charge on any atom is 0.255 e. The quantitative estimate of drug-likeness (QED) is 0.825. The summed E-state index contributed by atoms with van der Waals surface area (Å²) < 4.78 is 0. The molecule has 0 unspecified atom stereocenters. The van der Waals surface area contributed by atoms with E-state index in [9.17, 15) is 9.90 Å². The van der Waals surface area contributed by atoms with E-state index in [1.807, 2.05) is 32.9 Å². The molecule has 1 aromatic rings. The number of phenols is 1. The third kappa shape index (κ3) is 2.99. The zero-order valence-electron chi connectivity index (χ0n) is 10.6. The highest BCUT2D eigenvalue weighted by Gasteiger charge is 2.25. The van der Waals surface area contributed by atoms with Crippen LogP contribution in [0.3, 0.4) is 0 Å². The summed E-state index contributed by atoms with van der Waals surface area (Å²) in [5.41, 5.74) is 1.24. The molecule has 92 valence electrons. The average Bonchev–Trinajstić information content (AvgIpc) is 2.99. The SMILES string of the molecule is CC(C)(C)NC(=O)c1cc(C2CC2)ccc1O. The Hall–Kier alpha value is -1.51. The lowest BCUT2D eigenvalue weighted by Gasteiger charge is -2.21. The Bertz CT molecular complexity index is 442. The number of nitrogens with one attached hydrogen (secondary N) is 1. The number of carbonyl (C=O) groups excluding carboxylic acids is 1. The fraction of sp³-hybridized carbons (Fsp3) is 0.500. The Morgan fingerprint density at radius 1 is 1.35 bits per heavy atom. The van der Waals surface area contributed by atoms with Gasteiger partial charge in [-0.05, 0) is 57.2 Å². The average molecular weight is 233 g/mol. The first kappa shape index (κ1) is 12.0. The van der Waals surface area contributed by atoms with Crippen molar-refractivity contribution in [3.8, 4) is 5.75 Å². The summed E-state index contributed by atoms with van der Waals surface area (Å²) in [5, 5.41) is 12.6. The predicted molar refractivity (Wildman–Crippen MR) is 67.3 cm³/mol. The molecule has 1 aliphatic carbocycles. The van der Waals surface area contributed by atoms with Gasteiger partial charge in [-0.25, -0.2) is 0 Å². The highest BCUT2D eigenvalue weighted by molar-refractivity contribution is 5.97. The lowest BCUT2D eigenvalue weighted by atomic mass is 10.0. The van der Waals surface area contributed by atoms with E-state index < -0.39 is 0 Å². The fourth-order valence-electron chi connectivity index (χ4n) is 1.81. The van der Waals surface area contributed by atoms with Gasteiger partial charge in [-0.2, -0.15) is 0 Å². The van der Waals surface area contributed by atoms with Crippen molar-refractivity contribution in [1.29, 1.82) is 0 Å². The van der Waals surface area contributed by atoms with E-state index in [0.717, 1.165) is 5.56 Å². The summed E-state index contributed by atoms with van der Waals surface area (Å²) in [6.45, 7) is 5.77. The third-order valence-corrected chi connectivity index (χ3v) is 2.80. The Balaban J connectivity index is 2.24. The summed E-state index contributed by atoms with van der Waals surface area (Å²) >= 11 is 0. The minimum absolute atomic E-state index is 0.0520. The standard InChI is InChI=1S/C14H19NO2/c1-14(2,3)15-13(17)11-8-10(9-4-5-9)6-7-12(11)16/h6-9,16H,4-5H2,1-3H3,(H,15,17). The van der Waals surface area contributed by atoms with E-state index in [1.54, 1.807) is 6.07 Å². The molecule has 1 aliphatic rings. The number of hydrogen-bond donors (Lipinski definition) is 2. The molecule has 0 saturated heterocycles. The third-order valence-electron chi connectivity index (χ3n) is 2.80. The van der Waals surface area contributed by atoms with Crippen LogP contribution in [0.15, 0.2) is 18.2 Å². The molecule has 17 heavy (non-hydrogen) atoms. The molecular formula is C14H19NO2. The van der Waals surface area contributed by atoms with Crippen LogP contribution < -0.4 is 5.32 Å². The zero-order valence-corrected chi connectivity index (χ0v) is 10.6. The van der Waals surface area contributed by atoms with Crippen molar-refractivity contribution in [3.05, 3.63) is 29.3 Å². The van der Waals surface area contributed by atoms with Crippen LogP contribution in [-0.2, 0) is 0 Å². The second kappa shape index (κ2) is 4.06. The summed E-state index contributed by atoms with van der Waals surface area (Å²) in [6, 6.07) is 5.33. The molecule has 0 atom stereocenters. The van der Waals surface area contributed by atoms with Gasteiger partial charge < -0.3 is 10.4 Å². The van der Waals surface area contributed by atoms with Gasteiger partial charge in [0.2, 0.25) is 0 Å². The molecule has 1 fully saturated rings. The Labute approximate surface area is 102 Å². The topological polar surface area (TPSA) is 49.3 Å². The molecule has 0 radical (unpaired) electrons. The monoisotopic (exact) mass is 233 g/mol. The van der Waals surface area contributed by atoms with Crippen molar-refractivity contribution < 1.29 is 9.90 Å². The van der Waals surface area contributed by atoms with Crippen LogP contribution in [0.25, 0.3) is 0 Å². The molecular weight excluding hydrogens is 214 g/mol. The van der Waals surface area contributed by atoms with Crippen LogP contribution in [0, 0.1) is 0 Å². The van der Waals surface area contributed by atoms with Gasteiger partial charge >= 0.3 is 0 Å². The normalized spacial score (nSPS) is 15.7. The summed E-state index contributed by atoms with van der Waals surface area (Å²) in [4.78, 5) is 12.0.